The van der Waals surface area contributed by atoms with Crippen molar-refractivity contribution in [3.63, 3.8) is 0 Å². The highest BCUT2D eigenvalue weighted by molar-refractivity contribution is 5.51. The average Bonchev–Trinajstić information content (AvgIpc) is 2.37. The lowest BCUT2D eigenvalue weighted by atomic mass is 10.1. The summed E-state index contributed by atoms with van der Waals surface area (Å²) in [4.78, 5) is 12.8. The highest BCUT2D eigenvalue weighted by atomic mass is 16.1. The Labute approximate surface area is 111 Å². The molecule has 1 aliphatic heterocycles. The molecule has 0 aliphatic carbocycles. The maximum atomic E-state index is 10.6. The van der Waals surface area contributed by atoms with Gasteiger partial charge in [0.15, 0.2) is 0 Å². The summed E-state index contributed by atoms with van der Waals surface area (Å²) < 4.78 is 0. The van der Waals surface area contributed by atoms with Gasteiger partial charge >= 0.3 is 0 Å². The van der Waals surface area contributed by atoms with Crippen LogP contribution >= 0.6 is 0 Å². The Bertz CT molecular complexity index is 314. The Hall–Kier alpha value is -1.11. The average molecular weight is 248 g/mol. The van der Waals surface area contributed by atoms with Crippen LogP contribution in [0.25, 0.3) is 0 Å². The van der Waals surface area contributed by atoms with E-state index in [9.17, 15) is 4.79 Å². The van der Waals surface area contributed by atoms with Crippen LogP contribution < -0.4 is 5.32 Å². The Kier molecular flexibility index (Phi) is 8.20. The van der Waals surface area contributed by atoms with Crippen molar-refractivity contribution in [2.24, 2.45) is 0 Å². The zero-order valence-corrected chi connectivity index (χ0v) is 11.2. The predicted molar refractivity (Wildman–Crippen MR) is 75.4 cm³/mol. The molecule has 0 spiro atoms. The van der Waals surface area contributed by atoms with Gasteiger partial charge in [0, 0.05) is 32.5 Å². The Balaban J connectivity index is 2.44. The second kappa shape index (κ2) is 9.87. The van der Waals surface area contributed by atoms with Gasteiger partial charge in [-0.3, -0.25) is 4.90 Å². The molecule has 0 aromatic rings. The number of nitrogens with zero attached hydrogens (tertiary/aromatic N) is 1. The first-order chi connectivity index (χ1) is 8.83. The minimum absolute atomic E-state index is 0.510. The van der Waals surface area contributed by atoms with Gasteiger partial charge in [0.25, 0.3) is 0 Å². The van der Waals surface area contributed by atoms with E-state index in [1.54, 1.807) is 0 Å². The van der Waals surface area contributed by atoms with Gasteiger partial charge in [-0.05, 0) is 25.8 Å². The van der Waals surface area contributed by atoms with E-state index in [2.05, 4.69) is 28.6 Å². The van der Waals surface area contributed by atoms with Crippen LogP contribution in [0, 0.1) is 11.8 Å². The minimum Gasteiger partial charge on any atom is -0.316 e. The molecule has 0 amide bonds. The molecule has 1 rings (SSSR count). The summed E-state index contributed by atoms with van der Waals surface area (Å²) in [5.41, 5.74) is 1.29. The first kappa shape index (κ1) is 14.9. The molecule has 0 unspecified atom stereocenters. The second-order valence-corrected chi connectivity index (χ2v) is 4.67. The highest BCUT2D eigenvalue weighted by Crippen LogP contribution is 2.08. The van der Waals surface area contributed by atoms with E-state index in [4.69, 9.17) is 0 Å². The quantitative estimate of drug-likeness (QED) is 0.458. The molecule has 1 heterocycles. The number of carbonyl (C=O) groups is 1. The number of nitrogens with one attached hydrogen (secondary N) is 1. The first-order valence-corrected chi connectivity index (χ1v) is 6.82. The van der Waals surface area contributed by atoms with Gasteiger partial charge in [0.2, 0.25) is 0 Å². The van der Waals surface area contributed by atoms with Gasteiger partial charge in [0.05, 0.1) is 6.54 Å². The van der Waals surface area contributed by atoms with Crippen LogP contribution in [0.3, 0.4) is 0 Å². The second-order valence-electron chi connectivity index (χ2n) is 4.67. The summed E-state index contributed by atoms with van der Waals surface area (Å²) in [6.45, 7) is 8.43. The van der Waals surface area contributed by atoms with Gasteiger partial charge < -0.3 is 10.1 Å². The monoisotopic (exact) mass is 248 g/mol. The van der Waals surface area contributed by atoms with Crippen molar-refractivity contribution < 1.29 is 4.79 Å². The van der Waals surface area contributed by atoms with E-state index in [1.165, 1.54) is 5.57 Å². The predicted octanol–water partition coefficient (Wildman–Crippen LogP) is 1.60. The summed E-state index contributed by atoms with van der Waals surface area (Å²) in [5, 5.41) is 3.39. The molecule has 0 bridgehead atoms. The summed E-state index contributed by atoms with van der Waals surface area (Å²) in [6.07, 6.45) is 5.94. The van der Waals surface area contributed by atoms with Crippen LogP contribution in [0.2, 0.25) is 0 Å². The molecule has 0 saturated heterocycles. The molecule has 1 N–H and O–H groups in total. The van der Waals surface area contributed by atoms with Gasteiger partial charge in [0.1, 0.15) is 6.29 Å². The number of hydrogen-bond donors (Lipinski definition) is 1. The third-order valence-electron chi connectivity index (χ3n) is 3.10. The molecule has 0 aromatic heterocycles. The van der Waals surface area contributed by atoms with E-state index in [1.807, 2.05) is 0 Å². The summed E-state index contributed by atoms with van der Waals surface area (Å²) in [7, 11) is 0. The van der Waals surface area contributed by atoms with E-state index in [0.717, 1.165) is 64.6 Å². The first-order valence-electron chi connectivity index (χ1n) is 6.82. The highest BCUT2D eigenvalue weighted by Gasteiger charge is 2.04. The van der Waals surface area contributed by atoms with Crippen molar-refractivity contribution in [2.75, 3.05) is 32.7 Å². The van der Waals surface area contributed by atoms with Crippen LogP contribution in [-0.4, -0.2) is 43.9 Å². The molecule has 0 fully saturated rings. The molecule has 100 valence electrons. The molecule has 0 radical (unpaired) electrons. The normalized spacial score (nSPS) is 20.6. The molecule has 0 aromatic carbocycles. The maximum Gasteiger partial charge on any atom is 0.133 e. The van der Waals surface area contributed by atoms with E-state index in [-0.39, 0.29) is 0 Å². The van der Waals surface area contributed by atoms with Gasteiger partial charge in [-0.15, -0.1) is 11.8 Å². The van der Waals surface area contributed by atoms with Crippen molar-refractivity contribution in [1.29, 1.82) is 0 Å². The Morgan fingerprint density at radius 1 is 1.22 bits per heavy atom. The van der Waals surface area contributed by atoms with Crippen LogP contribution in [0.5, 0.6) is 0 Å². The van der Waals surface area contributed by atoms with Gasteiger partial charge in [-0.2, -0.15) is 0 Å². The topological polar surface area (TPSA) is 32.3 Å². The number of aldehydes is 1. The fourth-order valence-corrected chi connectivity index (χ4v) is 1.97. The molecule has 1 aliphatic rings. The molecule has 3 nitrogen and oxygen atoms in total. The molecule has 0 saturated carbocycles. The third-order valence-corrected chi connectivity index (χ3v) is 3.10. The fraction of sp³-hybridized carbons (Fsp3) is 0.667. The number of rotatable bonds is 2. The van der Waals surface area contributed by atoms with Crippen molar-refractivity contribution in [3.05, 3.63) is 12.2 Å². The zero-order valence-electron chi connectivity index (χ0n) is 11.2. The van der Waals surface area contributed by atoms with Crippen LogP contribution in [0.15, 0.2) is 12.2 Å². The molecular weight excluding hydrogens is 224 g/mol. The largest absolute Gasteiger partial charge is 0.316 e. The SMILES string of the molecule is C=C1CCCNCCC#CCCN(CC=O)CC1. The van der Waals surface area contributed by atoms with Crippen molar-refractivity contribution in [2.45, 2.75) is 32.1 Å². The minimum atomic E-state index is 0.510. The standard InChI is InChI=1S/C15H24N2O/c1-15-7-6-10-16-9-4-2-3-5-11-17(12-8-15)13-14-18/h14,16H,1,4-13H2. The van der Waals surface area contributed by atoms with E-state index in [0.29, 0.717) is 6.54 Å². The fourth-order valence-electron chi connectivity index (χ4n) is 1.97. The molecule has 3 heteroatoms. The third kappa shape index (κ3) is 7.26. The number of carbonyl (C=O) groups excluding carboxylic acids is 1. The Morgan fingerprint density at radius 2 is 2.06 bits per heavy atom. The molecular formula is C15H24N2O. The zero-order chi connectivity index (χ0) is 13.1. The van der Waals surface area contributed by atoms with Crippen molar-refractivity contribution >= 4 is 6.29 Å². The summed E-state index contributed by atoms with van der Waals surface area (Å²) >= 11 is 0. The van der Waals surface area contributed by atoms with E-state index >= 15 is 0 Å². The van der Waals surface area contributed by atoms with Crippen LogP contribution in [0.4, 0.5) is 0 Å². The van der Waals surface area contributed by atoms with Crippen molar-refractivity contribution in [3.8, 4) is 11.8 Å². The lowest BCUT2D eigenvalue weighted by Crippen LogP contribution is -2.28. The smallest absolute Gasteiger partial charge is 0.133 e. The Morgan fingerprint density at radius 3 is 2.89 bits per heavy atom. The van der Waals surface area contributed by atoms with Crippen molar-refractivity contribution in [1.82, 2.24) is 10.2 Å². The van der Waals surface area contributed by atoms with Crippen LogP contribution in [0.1, 0.15) is 32.1 Å². The maximum absolute atomic E-state index is 10.6. The lowest BCUT2D eigenvalue weighted by Gasteiger charge is -2.19. The number of hydrogen-bond acceptors (Lipinski definition) is 3. The van der Waals surface area contributed by atoms with Gasteiger partial charge in [-0.25, -0.2) is 0 Å². The molecule has 18 heavy (non-hydrogen) atoms. The summed E-state index contributed by atoms with van der Waals surface area (Å²) in [5.74, 6) is 6.33. The summed E-state index contributed by atoms with van der Waals surface area (Å²) in [6, 6.07) is 0. The van der Waals surface area contributed by atoms with Crippen LogP contribution in [-0.2, 0) is 4.79 Å². The van der Waals surface area contributed by atoms with E-state index < -0.39 is 0 Å². The lowest BCUT2D eigenvalue weighted by molar-refractivity contribution is -0.108. The molecule has 0 atom stereocenters. The van der Waals surface area contributed by atoms with Gasteiger partial charge in [-0.1, -0.05) is 12.2 Å².